The van der Waals surface area contributed by atoms with Crippen LogP contribution in [-0.4, -0.2) is 30.4 Å². The molecular weight excluding hydrogens is 255 g/mol. The molecule has 1 aromatic rings. The molecule has 2 atom stereocenters. The van der Waals surface area contributed by atoms with E-state index in [1.807, 2.05) is 0 Å². The molecule has 0 saturated carbocycles. The molecule has 0 aromatic heterocycles. The Labute approximate surface area is 118 Å². The summed E-state index contributed by atoms with van der Waals surface area (Å²) in [4.78, 5) is 14.5. The number of nitrogens with zero attached hydrogens (tertiary/aromatic N) is 1. The summed E-state index contributed by atoms with van der Waals surface area (Å²) in [5.74, 6) is 0.137. The molecule has 1 N–H and O–H groups in total. The lowest BCUT2D eigenvalue weighted by molar-refractivity contribution is -0.112. The van der Waals surface area contributed by atoms with Crippen molar-refractivity contribution in [2.75, 3.05) is 25.0 Å². The third kappa shape index (κ3) is 3.07. The molecule has 3 nitrogen and oxygen atoms in total. The Balaban J connectivity index is 1.65. The SMILES string of the molecule is O=C(C=C1CCN2CCCC1C2)Nc1ccc(F)cc1. The van der Waals surface area contributed by atoms with E-state index in [1.165, 1.54) is 37.1 Å². The number of carbonyl (C=O) groups excluding carboxylic acids is 1. The van der Waals surface area contributed by atoms with E-state index >= 15 is 0 Å². The Morgan fingerprint density at radius 2 is 2.10 bits per heavy atom. The van der Waals surface area contributed by atoms with Gasteiger partial charge in [0.15, 0.2) is 0 Å². The second-order valence-corrected chi connectivity index (χ2v) is 5.61. The molecule has 0 aliphatic carbocycles. The highest BCUT2D eigenvalue weighted by Crippen LogP contribution is 2.30. The lowest BCUT2D eigenvalue weighted by atomic mass is 9.84. The third-order valence-corrected chi connectivity index (χ3v) is 4.17. The van der Waals surface area contributed by atoms with Gasteiger partial charge in [0, 0.05) is 24.9 Å². The van der Waals surface area contributed by atoms with Crippen LogP contribution in [0.25, 0.3) is 0 Å². The van der Waals surface area contributed by atoms with Gasteiger partial charge in [0.05, 0.1) is 0 Å². The zero-order chi connectivity index (χ0) is 13.9. The normalized spacial score (nSPS) is 27.4. The summed E-state index contributed by atoms with van der Waals surface area (Å²) in [6.07, 6.45) is 5.14. The van der Waals surface area contributed by atoms with Crippen molar-refractivity contribution in [3.05, 3.63) is 41.7 Å². The molecule has 106 valence electrons. The number of rotatable bonds is 2. The Morgan fingerprint density at radius 1 is 1.30 bits per heavy atom. The molecule has 0 spiro atoms. The molecular formula is C16H19FN2O. The van der Waals surface area contributed by atoms with Gasteiger partial charge in [0.1, 0.15) is 5.82 Å². The van der Waals surface area contributed by atoms with Gasteiger partial charge in [-0.25, -0.2) is 4.39 Å². The first kappa shape index (κ1) is 13.3. The number of carbonyl (C=O) groups is 1. The fourth-order valence-corrected chi connectivity index (χ4v) is 3.12. The molecule has 2 bridgehead atoms. The van der Waals surface area contributed by atoms with Crippen molar-refractivity contribution in [3.63, 3.8) is 0 Å². The van der Waals surface area contributed by atoms with Crippen LogP contribution in [0.5, 0.6) is 0 Å². The molecule has 2 fully saturated rings. The van der Waals surface area contributed by atoms with Crippen LogP contribution in [-0.2, 0) is 4.79 Å². The van der Waals surface area contributed by atoms with Crippen molar-refractivity contribution >= 4 is 11.6 Å². The number of benzene rings is 1. The zero-order valence-corrected chi connectivity index (χ0v) is 11.4. The molecule has 0 radical (unpaired) electrons. The van der Waals surface area contributed by atoms with Crippen molar-refractivity contribution in [1.29, 1.82) is 0 Å². The number of anilines is 1. The third-order valence-electron chi connectivity index (χ3n) is 4.17. The van der Waals surface area contributed by atoms with Gasteiger partial charge >= 0.3 is 0 Å². The Bertz CT molecular complexity index is 524. The highest BCUT2D eigenvalue weighted by Gasteiger charge is 2.27. The first-order valence-corrected chi connectivity index (χ1v) is 7.20. The Hall–Kier alpha value is -1.68. The minimum absolute atomic E-state index is 0.106. The van der Waals surface area contributed by atoms with Crippen LogP contribution in [0.4, 0.5) is 10.1 Å². The number of fused-ring (bicyclic) bond motifs is 2. The topological polar surface area (TPSA) is 32.3 Å². The molecule has 2 aliphatic heterocycles. The summed E-state index contributed by atoms with van der Waals surface area (Å²) in [6.45, 7) is 3.35. The molecule has 2 unspecified atom stereocenters. The van der Waals surface area contributed by atoms with E-state index in [1.54, 1.807) is 18.2 Å². The summed E-state index contributed by atoms with van der Waals surface area (Å²) in [5.41, 5.74) is 1.90. The maximum atomic E-state index is 12.8. The molecule has 2 aliphatic rings. The minimum atomic E-state index is -0.295. The predicted molar refractivity (Wildman–Crippen MR) is 76.9 cm³/mol. The van der Waals surface area contributed by atoms with Gasteiger partial charge in [0.2, 0.25) is 5.91 Å². The van der Waals surface area contributed by atoms with E-state index in [0.717, 1.165) is 19.5 Å². The summed E-state index contributed by atoms with van der Waals surface area (Å²) in [5, 5.41) is 2.79. The molecule has 1 aromatic carbocycles. The highest BCUT2D eigenvalue weighted by atomic mass is 19.1. The van der Waals surface area contributed by atoms with E-state index < -0.39 is 0 Å². The highest BCUT2D eigenvalue weighted by molar-refractivity contribution is 5.99. The predicted octanol–water partition coefficient (Wildman–Crippen LogP) is 2.81. The smallest absolute Gasteiger partial charge is 0.248 e. The first-order valence-electron chi connectivity index (χ1n) is 7.20. The Kier molecular flexibility index (Phi) is 3.83. The van der Waals surface area contributed by atoms with Crippen molar-refractivity contribution < 1.29 is 9.18 Å². The number of nitrogens with one attached hydrogen (secondary N) is 1. The molecule has 20 heavy (non-hydrogen) atoms. The largest absolute Gasteiger partial charge is 0.323 e. The minimum Gasteiger partial charge on any atom is -0.323 e. The summed E-state index contributed by atoms with van der Waals surface area (Å²) in [6, 6.07) is 5.86. The van der Waals surface area contributed by atoms with Crippen LogP contribution in [0.2, 0.25) is 0 Å². The van der Waals surface area contributed by atoms with Crippen molar-refractivity contribution in [2.45, 2.75) is 19.3 Å². The van der Waals surface area contributed by atoms with Gasteiger partial charge in [-0.05, 0) is 56.0 Å². The number of piperidine rings is 2. The van der Waals surface area contributed by atoms with Gasteiger partial charge in [0.25, 0.3) is 0 Å². The monoisotopic (exact) mass is 274 g/mol. The molecule has 2 saturated heterocycles. The quantitative estimate of drug-likeness (QED) is 0.841. The van der Waals surface area contributed by atoms with Crippen LogP contribution >= 0.6 is 0 Å². The van der Waals surface area contributed by atoms with E-state index in [4.69, 9.17) is 0 Å². The number of halogens is 1. The lowest BCUT2D eigenvalue weighted by Crippen LogP contribution is -2.41. The van der Waals surface area contributed by atoms with Crippen molar-refractivity contribution in [3.8, 4) is 0 Å². The van der Waals surface area contributed by atoms with Gasteiger partial charge in [-0.3, -0.25) is 4.79 Å². The summed E-state index contributed by atoms with van der Waals surface area (Å²) < 4.78 is 12.8. The van der Waals surface area contributed by atoms with Crippen LogP contribution in [0.15, 0.2) is 35.9 Å². The Morgan fingerprint density at radius 3 is 2.90 bits per heavy atom. The summed E-state index contributed by atoms with van der Waals surface area (Å²) in [7, 11) is 0. The second kappa shape index (κ2) is 5.75. The molecule has 2 heterocycles. The van der Waals surface area contributed by atoms with Crippen molar-refractivity contribution in [1.82, 2.24) is 4.90 Å². The van der Waals surface area contributed by atoms with E-state index in [0.29, 0.717) is 11.6 Å². The van der Waals surface area contributed by atoms with Crippen LogP contribution in [0.1, 0.15) is 19.3 Å². The number of hydrogen-bond acceptors (Lipinski definition) is 2. The lowest BCUT2D eigenvalue weighted by Gasteiger charge is -2.39. The second-order valence-electron chi connectivity index (χ2n) is 5.61. The molecule has 4 heteroatoms. The van der Waals surface area contributed by atoms with Crippen molar-refractivity contribution in [2.24, 2.45) is 5.92 Å². The average Bonchev–Trinajstić information content (AvgIpc) is 2.45. The molecule has 1 amide bonds. The number of hydrogen-bond donors (Lipinski definition) is 1. The van der Waals surface area contributed by atoms with Crippen LogP contribution in [0.3, 0.4) is 0 Å². The molecule has 3 rings (SSSR count). The van der Waals surface area contributed by atoms with E-state index in [-0.39, 0.29) is 11.7 Å². The van der Waals surface area contributed by atoms with Crippen LogP contribution < -0.4 is 5.32 Å². The van der Waals surface area contributed by atoms with E-state index in [2.05, 4.69) is 10.2 Å². The summed E-state index contributed by atoms with van der Waals surface area (Å²) >= 11 is 0. The fourth-order valence-electron chi connectivity index (χ4n) is 3.12. The van der Waals surface area contributed by atoms with Gasteiger partial charge in [-0.15, -0.1) is 0 Å². The van der Waals surface area contributed by atoms with Gasteiger partial charge in [-0.1, -0.05) is 5.57 Å². The first-order chi connectivity index (χ1) is 9.70. The van der Waals surface area contributed by atoms with Gasteiger partial charge in [-0.2, -0.15) is 0 Å². The number of amides is 1. The maximum absolute atomic E-state index is 12.8. The zero-order valence-electron chi connectivity index (χ0n) is 11.4. The fraction of sp³-hybridized carbons (Fsp3) is 0.438. The maximum Gasteiger partial charge on any atom is 0.248 e. The van der Waals surface area contributed by atoms with Crippen LogP contribution in [0, 0.1) is 11.7 Å². The van der Waals surface area contributed by atoms with E-state index in [9.17, 15) is 9.18 Å². The van der Waals surface area contributed by atoms with Gasteiger partial charge < -0.3 is 10.2 Å². The standard InChI is InChI=1S/C16H19FN2O/c17-14-3-5-15(6-4-14)18-16(20)10-12-7-9-19-8-1-2-13(12)11-19/h3-6,10,13H,1-2,7-9,11H2,(H,18,20). The average molecular weight is 274 g/mol.